The van der Waals surface area contributed by atoms with Crippen LogP contribution in [0.3, 0.4) is 0 Å². The van der Waals surface area contributed by atoms with Crippen LogP contribution in [0.4, 0.5) is 5.69 Å². The van der Waals surface area contributed by atoms with Gasteiger partial charge in [0.05, 0.1) is 23.7 Å². The number of carbonyl (C=O) groups excluding carboxylic acids is 1. The summed E-state index contributed by atoms with van der Waals surface area (Å²) in [6.45, 7) is 3.52. The Labute approximate surface area is 183 Å². The van der Waals surface area contributed by atoms with E-state index in [4.69, 9.17) is 4.74 Å². The summed E-state index contributed by atoms with van der Waals surface area (Å²) in [5.74, 6) is 0.156. The van der Waals surface area contributed by atoms with Crippen molar-refractivity contribution in [2.45, 2.75) is 24.8 Å². The first-order valence-corrected chi connectivity index (χ1v) is 11.3. The van der Waals surface area contributed by atoms with Crippen molar-refractivity contribution in [2.75, 3.05) is 18.0 Å². The fourth-order valence-electron chi connectivity index (χ4n) is 3.14. The molecule has 31 heavy (non-hydrogen) atoms. The molecule has 0 saturated heterocycles. The van der Waals surface area contributed by atoms with Crippen LogP contribution >= 0.6 is 0 Å². The van der Waals surface area contributed by atoms with Gasteiger partial charge < -0.3 is 10.1 Å². The molecule has 0 heterocycles. The molecule has 0 bridgehead atoms. The molecule has 162 valence electrons. The molecule has 0 aliphatic carbocycles. The zero-order valence-corrected chi connectivity index (χ0v) is 18.6. The Bertz CT molecular complexity index is 1110. The summed E-state index contributed by atoms with van der Waals surface area (Å²) in [5, 5.41) is 2.89. The van der Waals surface area contributed by atoms with Gasteiger partial charge >= 0.3 is 0 Å². The Morgan fingerprint density at radius 3 is 2.16 bits per heavy atom. The minimum absolute atomic E-state index is 0.0801. The maximum Gasteiger partial charge on any atom is 0.264 e. The van der Waals surface area contributed by atoms with Crippen LogP contribution in [0.2, 0.25) is 0 Å². The number of para-hydroxylation sites is 1. The molecule has 1 N–H and O–H groups in total. The van der Waals surface area contributed by atoms with Crippen molar-refractivity contribution in [1.29, 1.82) is 0 Å². The number of nitrogens with one attached hydrogen (secondary N) is 1. The number of rotatable bonds is 8. The second-order valence-corrected chi connectivity index (χ2v) is 9.08. The first kappa shape index (κ1) is 22.4. The summed E-state index contributed by atoms with van der Waals surface area (Å²) in [5.41, 5.74) is 2.49. The number of benzene rings is 3. The van der Waals surface area contributed by atoms with E-state index in [2.05, 4.69) is 5.32 Å². The molecule has 1 atom stereocenters. The number of carbonyl (C=O) groups is 1. The van der Waals surface area contributed by atoms with Crippen molar-refractivity contribution < 1.29 is 17.9 Å². The molecule has 0 saturated carbocycles. The molecule has 0 spiro atoms. The Balaban J connectivity index is 1.85. The van der Waals surface area contributed by atoms with E-state index in [-0.39, 0.29) is 17.5 Å². The lowest BCUT2D eigenvalue weighted by Crippen LogP contribution is -2.41. The molecular weight excluding hydrogens is 412 g/mol. The van der Waals surface area contributed by atoms with Crippen LogP contribution in [0.25, 0.3) is 0 Å². The third kappa shape index (κ3) is 5.44. The van der Waals surface area contributed by atoms with Gasteiger partial charge in [0.25, 0.3) is 10.0 Å². The van der Waals surface area contributed by atoms with Gasteiger partial charge in [-0.1, -0.05) is 48.0 Å². The molecule has 0 fully saturated rings. The molecule has 1 amide bonds. The third-order valence-electron chi connectivity index (χ3n) is 4.93. The number of methoxy groups -OCH3 is 1. The van der Waals surface area contributed by atoms with E-state index in [1.54, 1.807) is 42.5 Å². The van der Waals surface area contributed by atoms with Crippen LogP contribution in [0, 0.1) is 6.92 Å². The lowest BCUT2D eigenvalue weighted by atomic mass is 10.1. The fraction of sp³-hybridized carbons (Fsp3) is 0.208. The molecule has 3 aromatic carbocycles. The van der Waals surface area contributed by atoms with Crippen LogP contribution in [-0.2, 0) is 14.8 Å². The van der Waals surface area contributed by atoms with Crippen LogP contribution in [-0.4, -0.2) is 28.0 Å². The van der Waals surface area contributed by atoms with E-state index in [1.165, 1.54) is 19.2 Å². The lowest BCUT2D eigenvalue weighted by molar-refractivity contribution is -0.120. The van der Waals surface area contributed by atoms with E-state index < -0.39 is 15.9 Å². The number of aryl methyl sites for hydroxylation is 1. The van der Waals surface area contributed by atoms with Gasteiger partial charge in [0.1, 0.15) is 12.3 Å². The minimum atomic E-state index is -3.96. The second kappa shape index (κ2) is 9.66. The molecule has 0 aromatic heterocycles. The van der Waals surface area contributed by atoms with E-state index in [0.29, 0.717) is 11.4 Å². The average Bonchev–Trinajstić information content (AvgIpc) is 2.78. The van der Waals surface area contributed by atoms with Crippen LogP contribution in [0.1, 0.15) is 24.1 Å². The highest BCUT2D eigenvalue weighted by Crippen LogP contribution is 2.25. The van der Waals surface area contributed by atoms with Crippen molar-refractivity contribution >= 4 is 21.6 Å². The van der Waals surface area contributed by atoms with Crippen molar-refractivity contribution in [1.82, 2.24) is 5.32 Å². The summed E-state index contributed by atoms with van der Waals surface area (Å²) in [4.78, 5) is 12.9. The summed E-state index contributed by atoms with van der Waals surface area (Å²) in [7, 11) is -2.45. The molecule has 6 nitrogen and oxygen atoms in total. The molecule has 0 radical (unpaired) electrons. The standard InChI is InChI=1S/C24H26N2O4S/c1-18-9-11-20(12-10-18)19(2)25-24(27)17-26(21-7-5-4-6-8-21)31(28,29)23-15-13-22(30-3)14-16-23/h4-16,19H,17H2,1-3H3,(H,25,27)/t19-/m1/s1. The first-order chi connectivity index (χ1) is 14.8. The van der Waals surface area contributed by atoms with E-state index in [1.807, 2.05) is 38.1 Å². The smallest absolute Gasteiger partial charge is 0.264 e. The van der Waals surface area contributed by atoms with E-state index in [0.717, 1.165) is 15.4 Å². The maximum atomic E-state index is 13.4. The normalized spacial score (nSPS) is 12.1. The highest BCUT2D eigenvalue weighted by molar-refractivity contribution is 7.92. The lowest BCUT2D eigenvalue weighted by Gasteiger charge is -2.25. The highest BCUT2D eigenvalue weighted by Gasteiger charge is 2.27. The zero-order chi connectivity index (χ0) is 22.4. The van der Waals surface area contributed by atoms with Crippen molar-refractivity contribution in [3.8, 4) is 5.75 Å². The Morgan fingerprint density at radius 2 is 1.58 bits per heavy atom. The largest absolute Gasteiger partial charge is 0.497 e. The van der Waals surface area contributed by atoms with Gasteiger partial charge in [0.2, 0.25) is 5.91 Å². The minimum Gasteiger partial charge on any atom is -0.497 e. The predicted molar refractivity (Wildman–Crippen MR) is 122 cm³/mol. The SMILES string of the molecule is COc1ccc(S(=O)(=O)N(CC(=O)N[C@H](C)c2ccc(C)cc2)c2ccccc2)cc1. The van der Waals surface area contributed by atoms with Crippen molar-refractivity contribution in [2.24, 2.45) is 0 Å². The molecule has 0 aliphatic heterocycles. The van der Waals surface area contributed by atoms with E-state index >= 15 is 0 Å². The van der Waals surface area contributed by atoms with Crippen molar-refractivity contribution in [3.05, 3.63) is 90.0 Å². The molecular formula is C24H26N2O4S. The monoisotopic (exact) mass is 438 g/mol. The van der Waals surface area contributed by atoms with Gasteiger partial charge in [-0.3, -0.25) is 9.10 Å². The summed E-state index contributed by atoms with van der Waals surface area (Å²) >= 11 is 0. The number of amides is 1. The Hall–Kier alpha value is -3.32. The Kier molecular flexibility index (Phi) is 6.97. The van der Waals surface area contributed by atoms with Crippen LogP contribution in [0.15, 0.2) is 83.8 Å². The number of ether oxygens (including phenoxy) is 1. The van der Waals surface area contributed by atoms with Gasteiger partial charge in [-0.25, -0.2) is 8.42 Å². The third-order valence-corrected chi connectivity index (χ3v) is 6.72. The quantitative estimate of drug-likeness (QED) is 0.575. The zero-order valence-electron chi connectivity index (χ0n) is 17.8. The maximum absolute atomic E-state index is 13.4. The number of anilines is 1. The Morgan fingerprint density at radius 1 is 0.968 bits per heavy atom. The van der Waals surface area contributed by atoms with Crippen LogP contribution in [0.5, 0.6) is 5.75 Å². The topological polar surface area (TPSA) is 75.7 Å². The highest BCUT2D eigenvalue weighted by atomic mass is 32.2. The second-order valence-electron chi connectivity index (χ2n) is 7.22. The van der Waals surface area contributed by atoms with E-state index in [9.17, 15) is 13.2 Å². The summed E-state index contributed by atoms with van der Waals surface area (Å²) < 4.78 is 33.0. The molecule has 0 aliphatic rings. The summed E-state index contributed by atoms with van der Waals surface area (Å²) in [6.07, 6.45) is 0. The average molecular weight is 439 g/mol. The van der Waals surface area contributed by atoms with Gasteiger partial charge in [-0.15, -0.1) is 0 Å². The summed E-state index contributed by atoms with van der Waals surface area (Å²) in [6, 6.07) is 22.3. The van der Waals surface area contributed by atoms with Gasteiger partial charge in [-0.05, 0) is 55.8 Å². The van der Waals surface area contributed by atoms with Crippen molar-refractivity contribution in [3.63, 3.8) is 0 Å². The molecule has 0 unspecified atom stereocenters. The predicted octanol–water partition coefficient (Wildman–Crippen LogP) is 4.08. The number of hydrogen-bond donors (Lipinski definition) is 1. The number of nitrogens with zero attached hydrogens (tertiary/aromatic N) is 1. The molecule has 3 rings (SSSR count). The molecule has 3 aromatic rings. The first-order valence-electron chi connectivity index (χ1n) is 9.89. The van der Waals surface area contributed by atoms with Gasteiger partial charge in [-0.2, -0.15) is 0 Å². The van der Waals surface area contributed by atoms with Gasteiger partial charge in [0, 0.05) is 0 Å². The number of sulfonamides is 1. The number of hydrogen-bond acceptors (Lipinski definition) is 4. The fourth-order valence-corrected chi connectivity index (χ4v) is 4.56. The molecule has 7 heteroatoms. The van der Waals surface area contributed by atoms with Crippen LogP contribution < -0.4 is 14.4 Å². The van der Waals surface area contributed by atoms with Gasteiger partial charge in [0.15, 0.2) is 0 Å².